The van der Waals surface area contributed by atoms with Gasteiger partial charge in [-0.15, -0.1) is 0 Å². The first-order valence-corrected chi connectivity index (χ1v) is 3.94. The lowest BCUT2D eigenvalue weighted by atomic mass is 10.1. The second-order valence-electron chi connectivity index (χ2n) is 3.14. The molecule has 0 fully saturated rings. The van der Waals surface area contributed by atoms with Crippen LogP contribution in [0.2, 0.25) is 0 Å². The molecule has 3 heteroatoms. The Morgan fingerprint density at radius 2 is 2.17 bits per heavy atom. The van der Waals surface area contributed by atoms with Gasteiger partial charge in [-0.2, -0.15) is 0 Å². The lowest BCUT2D eigenvalue weighted by molar-refractivity contribution is -0.118. The first-order chi connectivity index (χ1) is 5.52. The van der Waals surface area contributed by atoms with Crippen LogP contribution in [0.15, 0.2) is 6.07 Å². The quantitative estimate of drug-likeness (QED) is 0.694. The van der Waals surface area contributed by atoms with Gasteiger partial charge in [-0.1, -0.05) is 0 Å². The number of aromatic nitrogens is 1. The highest BCUT2D eigenvalue weighted by molar-refractivity contribution is 5.82. The molecule has 1 unspecified atom stereocenters. The third-order valence-corrected chi connectivity index (χ3v) is 1.94. The van der Waals surface area contributed by atoms with Gasteiger partial charge in [0.05, 0.1) is 0 Å². The van der Waals surface area contributed by atoms with Crippen molar-refractivity contribution in [3.8, 4) is 0 Å². The van der Waals surface area contributed by atoms with Crippen molar-refractivity contribution in [1.82, 2.24) is 4.98 Å². The minimum absolute atomic E-state index is 0.0139. The number of Topliss-reactive ketones (excluding diaryl/α,β-unsaturated/α-hetero) is 1. The average molecular weight is 166 g/mol. The van der Waals surface area contributed by atoms with E-state index in [-0.39, 0.29) is 5.78 Å². The maximum absolute atomic E-state index is 11.0. The monoisotopic (exact) mass is 166 g/mol. The van der Waals surface area contributed by atoms with Crippen LogP contribution < -0.4 is 5.73 Å². The molecule has 0 saturated carbocycles. The second-order valence-corrected chi connectivity index (χ2v) is 3.14. The topological polar surface area (TPSA) is 58.9 Å². The molecule has 0 aliphatic rings. The zero-order valence-electron chi connectivity index (χ0n) is 7.64. The zero-order chi connectivity index (χ0) is 9.30. The fourth-order valence-electron chi connectivity index (χ4n) is 1.28. The highest BCUT2D eigenvalue weighted by Crippen LogP contribution is 2.16. The normalized spacial score (nSPS) is 13.0. The Bertz CT molecular complexity index is 301. The number of rotatable bonds is 2. The molecule has 0 aliphatic carbocycles. The highest BCUT2D eigenvalue weighted by atomic mass is 16.1. The number of nitrogens with two attached hydrogens (primary N) is 1. The molecule has 1 aromatic rings. The smallest absolute Gasteiger partial charge is 0.152 e. The Kier molecular flexibility index (Phi) is 2.33. The van der Waals surface area contributed by atoms with Crippen LogP contribution in [-0.4, -0.2) is 10.8 Å². The van der Waals surface area contributed by atoms with Gasteiger partial charge in [0.25, 0.3) is 0 Å². The molecule has 0 bridgehead atoms. The van der Waals surface area contributed by atoms with Crippen LogP contribution in [0, 0.1) is 13.8 Å². The largest absolute Gasteiger partial charge is 0.361 e. The van der Waals surface area contributed by atoms with Crippen LogP contribution in [0.5, 0.6) is 0 Å². The molecule has 3 N–H and O–H groups in total. The Labute approximate surface area is 72.0 Å². The molecule has 1 atom stereocenters. The molecular weight excluding hydrogens is 152 g/mol. The number of hydrogen-bond donors (Lipinski definition) is 2. The lowest BCUT2D eigenvalue weighted by Gasteiger charge is -2.06. The van der Waals surface area contributed by atoms with Gasteiger partial charge in [-0.25, -0.2) is 0 Å². The summed E-state index contributed by atoms with van der Waals surface area (Å²) in [5.74, 6) is -0.0139. The summed E-state index contributed by atoms with van der Waals surface area (Å²) < 4.78 is 0. The first kappa shape index (κ1) is 9.00. The molecule has 1 heterocycles. The molecular formula is C9H14N2O. The first-order valence-electron chi connectivity index (χ1n) is 3.94. The minimum Gasteiger partial charge on any atom is -0.361 e. The number of aryl methyl sites for hydroxylation is 2. The Balaban J connectivity index is 3.02. The lowest BCUT2D eigenvalue weighted by Crippen LogP contribution is -2.19. The Hall–Kier alpha value is -1.09. The van der Waals surface area contributed by atoms with Crippen molar-refractivity contribution < 1.29 is 4.79 Å². The maximum Gasteiger partial charge on any atom is 0.152 e. The number of carbonyl (C=O) groups excluding carboxylic acids is 1. The molecule has 0 saturated heterocycles. The van der Waals surface area contributed by atoms with Gasteiger partial charge >= 0.3 is 0 Å². The van der Waals surface area contributed by atoms with Crippen LogP contribution in [0.3, 0.4) is 0 Å². The van der Waals surface area contributed by atoms with E-state index in [4.69, 9.17) is 5.73 Å². The van der Waals surface area contributed by atoms with E-state index in [0.717, 1.165) is 17.0 Å². The number of ketones is 1. The van der Waals surface area contributed by atoms with Crippen LogP contribution in [0.1, 0.15) is 29.9 Å². The van der Waals surface area contributed by atoms with E-state index in [9.17, 15) is 4.79 Å². The van der Waals surface area contributed by atoms with Crippen molar-refractivity contribution in [2.75, 3.05) is 0 Å². The van der Waals surface area contributed by atoms with Crippen molar-refractivity contribution >= 4 is 5.78 Å². The number of H-pyrrole nitrogens is 1. The summed E-state index contributed by atoms with van der Waals surface area (Å²) in [5.41, 5.74) is 8.60. The molecule has 66 valence electrons. The molecule has 0 aliphatic heterocycles. The van der Waals surface area contributed by atoms with Gasteiger partial charge in [0, 0.05) is 11.4 Å². The number of carbonyl (C=O) groups is 1. The number of nitrogens with one attached hydrogen (secondary N) is 1. The second kappa shape index (κ2) is 3.11. The van der Waals surface area contributed by atoms with Crippen molar-refractivity contribution in [1.29, 1.82) is 0 Å². The zero-order valence-corrected chi connectivity index (χ0v) is 7.64. The van der Waals surface area contributed by atoms with Gasteiger partial charge in [-0.05, 0) is 32.4 Å². The van der Waals surface area contributed by atoms with E-state index in [2.05, 4.69) is 4.98 Å². The summed E-state index contributed by atoms with van der Waals surface area (Å²) in [6.07, 6.45) is 0. The van der Waals surface area contributed by atoms with Crippen molar-refractivity contribution in [2.24, 2.45) is 5.73 Å². The summed E-state index contributed by atoms with van der Waals surface area (Å²) in [5, 5.41) is 0. The molecule has 1 aromatic heterocycles. The summed E-state index contributed by atoms with van der Waals surface area (Å²) in [4.78, 5) is 14.0. The summed E-state index contributed by atoms with van der Waals surface area (Å²) in [6.45, 7) is 5.39. The van der Waals surface area contributed by atoms with Crippen molar-refractivity contribution in [2.45, 2.75) is 26.8 Å². The van der Waals surface area contributed by atoms with Crippen LogP contribution in [0.4, 0.5) is 0 Å². The fourth-order valence-corrected chi connectivity index (χ4v) is 1.28. The van der Waals surface area contributed by atoms with E-state index in [1.165, 1.54) is 6.92 Å². The van der Waals surface area contributed by atoms with Gasteiger partial charge in [0.2, 0.25) is 0 Å². The Morgan fingerprint density at radius 3 is 2.50 bits per heavy atom. The SMILES string of the molecule is CC(=O)C(N)c1[nH]c(C)cc1C. The fraction of sp³-hybridized carbons (Fsp3) is 0.444. The van der Waals surface area contributed by atoms with E-state index >= 15 is 0 Å². The van der Waals surface area contributed by atoms with Gasteiger partial charge in [-0.3, -0.25) is 4.79 Å². The third-order valence-electron chi connectivity index (χ3n) is 1.94. The predicted octanol–water partition coefficient (Wildman–Crippen LogP) is 1.22. The Morgan fingerprint density at radius 1 is 1.58 bits per heavy atom. The number of hydrogen-bond acceptors (Lipinski definition) is 2. The third kappa shape index (κ3) is 1.56. The molecule has 1 rings (SSSR count). The molecule has 0 spiro atoms. The van der Waals surface area contributed by atoms with E-state index in [0.29, 0.717) is 0 Å². The van der Waals surface area contributed by atoms with Gasteiger partial charge in [0.1, 0.15) is 6.04 Å². The van der Waals surface area contributed by atoms with E-state index < -0.39 is 6.04 Å². The van der Waals surface area contributed by atoms with Crippen LogP contribution >= 0.6 is 0 Å². The van der Waals surface area contributed by atoms with Crippen molar-refractivity contribution in [3.05, 3.63) is 23.0 Å². The summed E-state index contributed by atoms with van der Waals surface area (Å²) >= 11 is 0. The predicted molar refractivity (Wildman–Crippen MR) is 47.9 cm³/mol. The van der Waals surface area contributed by atoms with Gasteiger partial charge in [0.15, 0.2) is 5.78 Å². The minimum atomic E-state index is -0.501. The van der Waals surface area contributed by atoms with E-state index in [1.54, 1.807) is 0 Å². The van der Waals surface area contributed by atoms with Crippen molar-refractivity contribution in [3.63, 3.8) is 0 Å². The molecule has 0 amide bonds. The van der Waals surface area contributed by atoms with Crippen LogP contribution in [0.25, 0.3) is 0 Å². The van der Waals surface area contributed by atoms with E-state index in [1.807, 2.05) is 19.9 Å². The summed E-state index contributed by atoms with van der Waals surface area (Å²) in [7, 11) is 0. The standard InChI is InChI=1S/C9H14N2O/c1-5-4-6(2)11-9(5)8(10)7(3)12/h4,8,11H,10H2,1-3H3. The molecule has 0 aromatic carbocycles. The highest BCUT2D eigenvalue weighted by Gasteiger charge is 2.14. The summed E-state index contributed by atoms with van der Waals surface area (Å²) in [6, 6.07) is 1.48. The number of aromatic amines is 1. The molecule has 12 heavy (non-hydrogen) atoms. The van der Waals surface area contributed by atoms with Crippen LogP contribution in [-0.2, 0) is 4.79 Å². The maximum atomic E-state index is 11.0. The average Bonchev–Trinajstić information content (AvgIpc) is 2.28. The van der Waals surface area contributed by atoms with Gasteiger partial charge < -0.3 is 10.7 Å². The molecule has 0 radical (unpaired) electrons. The molecule has 3 nitrogen and oxygen atoms in total.